The van der Waals surface area contributed by atoms with E-state index in [0.717, 1.165) is 13.7 Å². The van der Waals surface area contributed by atoms with Gasteiger partial charge in [0.1, 0.15) is 5.82 Å². The highest BCUT2D eigenvalue weighted by Crippen LogP contribution is 2.24. The molecule has 82 valence electrons. The highest BCUT2D eigenvalue weighted by atomic mass is 127. The fourth-order valence-corrected chi connectivity index (χ4v) is 2.10. The van der Waals surface area contributed by atoms with Crippen molar-refractivity contribution in [1.29, 1.82) is 0 Å². The van der Waals surface area contributed by atoms with Crippen molar-refractivity contribution in [3.8, 4) is 0 Å². The number of aromatic nitrogens is 2. The Morgan fingerprint density at radius 3 is 2.94 bits per heavy atom. The van der Waals surface area contributed by atoms with Crippen LogP contribution in [0.5, 0.6) is 0 Å². The van der Waals surface area contributed by atoms with Gasteiger partial charge in [-0.3, -0.25) is 0 Å². The average molecular weight is 410 g/mol. The quantitative estimate of drug-likeness (QED) is 0.595. The second-order valence-corrected chi connectivity index (χ2v) is 5.41. The molecule has 0 fully saturated rings. The Morgan fingerprint density at radius 1 is 1.38 bits per heavy atom. The van der Waals surface area contributed by atoms with Gasteiger partial charge in [0.05, 0.1) is 4.47 Å². The highest BCUT2D eigenvalue weighted by molar-refractivity contribution is 14.1. The number of hydrogen-bond acceptors (Lipinski definition) is 3. The Morgan fingerprint density at radius 2 is 2.19 bits per heavy atom. The minimum Gasteiger partial charge on any atom is -0.339 e. The molecular formula is C10H6BrClIN3. The number of halogens is 3. The summed E-state index contributed by atoms with van der Waals surface area (Å²) in [5.41, 5.74) is 0.961. The molecule has 0 saturated heterocycles. The fourth-order valence-electron chi connectivity index (χ4n) is 1.14. The van der Waals surface area contributed by atoms with Crippen molar-refractivity contribution < 1.29 is 0 Å². The van der Waals surface area contributed by atoms with E-state index in [1.54, 1.807) is 6.20 Å². The first-order valence-electron chi connectivity index (χ1n) is 4.36. The van der Waals surface area contributed by atoms with E-state index in [4.69, 9.17) is 11.6 Å². The van der Waals surface area contributed by atoms with Gasteiger partial charge < -0.3 is 5.32 Å². The summed E-state index contributed by atoms with van der Waals surface area (Å²) in [5, 5.41) is 3.39. The summed E-state index contributed by atoms with van der Waals surface area (Å²) in [4.78, 5) is 7.96. The maximum Gasteiger partial charge on any atom is 0.224 e. The number of hydrogen-bond donors (Lipinski definition) is 1. The number of anilines is 2. The third-order valence-electron chi connectivity index (χ3n) is 1.80. The SMILES string of the molecule is Clc1ncc(Br)c(Nc2cccc(I)c2)n1. The lowest BCUT2D eigenvalue weighted by atomic mass is 10.3. The highest BCUT2D eigenvalue weighted by Gasteiger charge is 2.04. The van der Waals surface area contributed by atoms with Crippen LogP contribution in [0.4, 0.5) is 11.5 Å². The van der Waals surface area contributed by atoms with E-state index >= 15 is 0 Å². The molecule has 16 heavy (non-hydrogen) atoms. The topological polar surface area (TPSA) is 37.8 Å². The Labute approximate surface area is 120 Å². The molecule has 3 nitrogen and oxygen atoms in total. The van der Waals surface area contributed by atoms with Gasteiger partial charge in [-0.15, -0.1) is 0 Å². The molecule has 0 spiro atoms. The van der Waals surface area contributed by atoms with Crippen LogP contribution in [-0.2, 0) is 0 Å². The molecule has 0 unspecified atom stereocenters. The van der Waals surface area contributed by atoms with Crippen molar-refractivity contribution in [3.63, 3.8) is 0 Å². The molecule has 6 heteroatoms. The van der Waals surface area contributed by atoms with Gasteiger partial charge in [-0.25, -0.2) is 4.98 Å². The largest absolute Gasteiger partial charge is 0.339 e. The predicted octanol–water partition coefficient (Wildman–Crippen LogP) is 4.24. The van der Waals surface area contributed by atoms with E-state index in [0.29, 0.717) is 5.82 Å². The zero-order valence-corrected chi connectivity index (χ0v) is 12.4. The van der Waals surface area contributed by atoms with Crippen LogP contribution in [0, 0.1) is 3.57 Å². The second-order valence-electron chi connectivity index (χ2n) is 2.97. The van der Waals surface area contributed by atoms with Crippen LogP contribution in [0.3, 0.4) is 0 Å². The summed E-state index contributed by atoms with van der Waals surface area (Å²) in [6.07, 6.45) is 1.62. The van der Waals surface area contributed by atoms with Gasteiger partial charge in [0, 0.05) is 15.5 Å². The molecule has 0 atom stereocenters. The monoisotopic (exact) mass is 409 g/mol. The zero-order valence-electron chi connectivity index (χ0n) is 7.92. The molecule has 2 rings (SSSR count). The first kappa shape index (κ1) is 12.1. The summed E-state index contributed by atoms with van der Waals surface area (Å²) < 4.78 is 1.93. The molecule has 0 aliphatic carbocycles. The summed E-state index contributed by atoms with van der Waals surface area (Å²) in [6.45, 7) is 0. The minimum atomic E-state index is 0.219. The van der Waals surface area contributed by atoms with Crippen molar-refractivity contribution >= 4 is 61.6 Å². The molecular weight excluding hydrogens is 404 g/mol. The predicted molar refractivity (Wildman–Crippen MR) is 77.2 cm³/mol. The standard InChI is InChI=1S/C10H6BrClIN3/c11-8-5-14-10(12)16-9(8)15-7-3-1-2-6(13)4-7/h1-5H,(H,14,15,16). The zero-order chi connectivity index (χ0) is 11.5. The Kier molecular flexibility index (Phi) is 3.99. The van der Waals surface area contributed by atoms with Crippen molar-refractivity contribution in [1.82, 2.24) is 9.97 Å². The van der Waals surface area contributed by atoms with Gasteiger partial charge in [0.15, 0.2) is 0 Å². The maximum absolute atomic E-state index is 5.73. The average Bonchev–Trinajstić information content (AvgIpc) is 2.24. The Hall–Kier alpha value is -0.400. The van der Waals surface area contributed by atoms with Crippen LogP contribution >= 0.6 is 50.1 Å². The van der Waals surface area contributed by atoms with Gasteiger partial charge in [-0.1, -0.05) is 6.07 Å². The minimum absolute atomic E-state index is 0.219. The number of nitrogens with zero attached hydrogens (tertiary/aromatic N) is 2. The van der Waals surface area contributed by atoms with Crippen molar-refractivity contribution in [2.45, 2.75) is 0 Å². The van der Waals surface area contributed by atoms with Crippen LogP contribution < -0.4 is 5.32 Å². The van der Waals surface area contributed by atoms with E-state index in [2.05, 4.69) is 53.8 Å². The van der Waals surface area contributed by atoms with Crippen molar-refractivity contribution in [2.24, 2.45) is 0 Å². The van der Waals surface area contributed by atoms with Crippen LogP contribution in [0.25, 0.3) is 0 Å². The van der Waals surface area contributed by atoms with Gasteiger partial charge in [0.2, 0.25) is 5.28 Å². The lowest BCUT2D eigenvalue weighted by Crippen LogP contribution is -1.96. The molecule has 1 aromatic heterocycles. The summed E-state index contributed by atoms with van der Waals surface area (Å²) in [5.74, 6) is 0.655. The molecule has 0 bridgehead atoms. The summed E-state index contributed by atoms with van der Waals surface area (Å²) in [6, 6.07) is 7.97. The summed E-state index contributed by atoms with van der Waals surface area (Å²) >= 11 is 11.3. The van der Waals surface area contributed by atoms with E-state index in [1.165, 1.54) is 0 Å². The third kappa shape index (κ3) is 3.05. The number of rotatable bonds is 2. The van der Waals surface area contributed by atoms with Crippen LogP contribution in [0.2, 0.25) is 5.28 Å². The normalized spacial score (nSPS) is 10.2. The van der Waals surface area contributed by atoms with Crippen LogP contribution in [0.1, 0.15) is 0 Å². The van der Waals surface area contributed by atoms with E-state index in [1.807, 2.05) is 24.3 Å². The molecule has 0 radical (unpaired) electrons. The van der Waals surface area contributed by atoms with Crippen LogP contribution in [0.15, 0.2) is 34.9 Å². The summed E-state index contributed by atoms with van der Waals surface area (Å²) in [7, 11) is 0. The Bertz CT molecular complexity index is 521. The molecule has 1 heterocycles. The number of benzene rings is 1. The number of nitrogens with one attached hydrogen (secondary N) is 1. The van der Waals surface area contributed by atoms with E-state index in [-0.39, 0.29) is 5.28 Å². The third-order valence-corrected chi connectivity index (χ3v) is 3.24. The fraction of sp³-hybridized carbons (Fsp3) is 0. The molecule has 0 aliphatic rings. The second kappa shape index (κ2) is 5.29. The molecule has 2 aromatic rings. The first-order chi connectivity index (χ1) is 7.65. The van der Waals surface area contributed by atoms with Crippen LogP contribution in [-0.4, -0.2) is 9.97 Å². The smallest absolute Gasteiger partial charge is 0.224 e. The van der Waals surface area contributed by atoms with Gasteiger partial charge in [0.25, 0.3) is 0 Å². The molecule has 0 aliphatic heterocycles. The molecule has 0 amide bonds. The van der Waals surface area contributed by atoms with E-state index in [9.17, 15) is 0 Å². The van der Waals surface area contributed by atoms with Gasteiger partial charge in [-0.05, 0) is 68.3 Å². The Balaban J connectivity index is 2.30. The molecule has 0 saturated carbocycles. The van der Waals surface area contributed by atoms with Crippen molar-refractivity contribution in [3.05, 3.63) is 43.8 Å². The van der Waals surface area contributed by atoms with Gasteiger partial charge in [-0.2, -0.15) is 4.98 Å². The van der Waals surface area contributed by atoms with Crippen molar-refractivity contribution in [2.75, 3.05) is 5.32 Å². The molecule has 1 N–H and O–H groups in total. The maximum atomic E-state index is 5.73. The van der Waals surface area contributed by atoms with E-state index < -0.39 is 0 Å². The lowest BCUT2D eigenvalue weighted by Gasteiger charge is -2.07. The first-order valence-corrected chi connectivity index (χ1v) is 6.61. The lowest BCUT2D eigenvalue weighted by molar-refractivity contribution is 1.15. The molecule has 1 aromatic carbocycles. The van der Waals surface area contributed by atoms with Gasteiger partial charge >= 0.3 is 0 Å².